The van der Waals surface area contributed by atoms with Gasteiger partial charge in [0, 0.05) is 12.1 Å². The van der Waals surface area contributed by atoms with Gasteiger partial charge >= 0.3 is 12.1 Å². The normalized spacial score (nSPS) is 31.0. The molecule has 138 valence electrons. The van der Waals surface area contributed by atoms with Crippen LogP contribution in [-0.2, 0) is 14.3 Å². The van der Waals surface area contributed by atoms with Gasteiger partial charge in [-0.3, -0.25) is 4.79 Å². The van der Waals surface area contributed by atoms with Gasteiger partial charge in [-0.2, -0.15) is 0 Å². The minimum Gasteiger partial charge on any atom is -0.468 e. The van der Waals surface area contributed by atoms with E-state index < -0.39 is 5.60 Å². The van der Waals surface area contributed by atoms with E-state index in [1.807, 2.05) is 27.7 Å². The Morgan fingerprint density at radius 3 is 2.21 bits per heavy atom. The Kier molecular flexibility index (Phi) is 5.78. The fourth-order valence-electron chi connectivity index (χ4n) is 3.96. The Balaban J connectivity index is 1.69. The summed E-state index contributed by atoms with van der Waals surface area (Å²) in [5.41, 5.74) is -0.0667. The molecule has 2 fully saturated rings. The van der Waals surface area contributed by atoms with Crippen molar-refractivity contribution in [3.05, 3.63) is 0 Å². The number of hydrogen-bond acceptors (Lipinski definition) is 5. The number of nitrogens with one attached hydrogen (secondary N) is 2. The lowest BCUT2D eigenvalue weighted by atomic mass is 9.57. The number of ether oxygens (including phenoxy) is 2. The Morgan fingerprint density at radius 2 is 1.71 bits per heavy atom. The van der Waals surface area contributed by atoms with Gasteiger partial charge in [0.05, 0.1) is 7.11 Å². The number of hydrogen-bond donors (Lipinski definition) is 2. The highest BCUT2D eigenvalue weighted by Gasteiger charge is 2.46. The molecular formula is C18H32N2O4. The topological polar surface area (TPSA) is 76.7 Å². The molecule has 0 saturated heterocycles. The van der Waals surface area contributed by atoms with Crippen LogP contribution in [0.2, 0.25) is 0 Å². The minimum absolute atomic E-state index is 0.207. The van der Waals surface area contributed by atoms with E-state index in [0.717, 1.165) is 38.5 Å². The van der Waals surface area contributed by atoms with Crippen LogP contribution in [0.4, 0.5) is 4.79 Å². The van der Waals surface area contributed by atoms with E-state index in [9.17, 15) is 9.59 Å². The molecule has 0 aliphatic heterocycles. The summed E-state index contributed by atoms with van der Waals surface area (Å²) in [5, 5.41) is 6.33. The van der Waals surface area contributed by atoms with Crippen LogP contribution < -0.4 is 10.6 Å². The molecular weight excluding hydrogens is 308 g/mol. The molecule has 24 heavy (non-hydrogen) atoms. The van der Waals surface area contributed by atoms with Gasteiger partial charge in [0.15, 0.2) is 0 Å². The van der Waals surface area contributed by atoms with E-state index in [1.54, 1.807) is 0 Å². The monoisotopic (exact) mass is 340 g/mol. The van der Waals surface area contributed by atoms with Crippen molar-refractivity contribution in [3.63, 3.8) is 0 Å². The first-order chi connectivity index (χ1) is 11.1. The molecule has 0 aromatic rings. The molecule has 2 rings (SSSR count). The molecule has 2 N–H and O–H groups in total. The molecule has 2 aliphatic rings. The lowest BCUT2D eigenvalue weighted by molar-refractivity contribution is -0.143. The first kappa shape index (κ1) is 19.0. The number of rotatable bonds is 4. The summed E-state index contributed by atoms with van der Waals surface area (Å²) in [6, 6.07) is 0.364. The maximum atomic E-state index is 11.9. The standard InChI is InChI=1S/C18H32N2O4/c1-12(15(21)23-5)19-14-10-18(11-14)8-6-13(7-9-18)20-16(22)24-17(2,3)4/h12-14,19H,6-11H2,1-5H3,(H,20,22)/t12-,13?,14?,18?/m0/s1. The zero-order valence-corrected chi connectivity index (χ0v) is 15.6. The Hall–Kier alpha value is -1.30. The maximum absolute atomic E-state index is 11.9. The van der Waals surface area contributed by atoms with Gasteiger partial charge in [0.2, 0.25) is 0 Å². The minimum atomic E-state index is -0.455. The first-order valence-corrected chi connectivity index (χ1v) is 8.96. The van der Waals surface area contributed by atoms with Crippen LogP contribution in [0.15, 0.2) is 0 Å². The van der Waals surface area contributed by atoms with Gasteiger partial charge in [-0.25, -0.2) is 4.79 Å². The largest absolute Gasteiger partial charge is 0.468 e. The van der Waals surface area contributed by atoms with E-state index in [-0.39, 0.29) is 24.1 Å². The van der Waals surface area contributed by atoms with E-state index in [1.165, 1.54) is 7.11 Å². The average molecular weight is 340 g/mol. The molecule has 2 saturated carbocycles. The molecule has 6 nitrogen and oxygen atoms in total. The van der Waals surface area contributed by atoms with E-state index in [4.69, 9.17) is 9.47 Å². The van der Waals surface area contributed by atoms with Gasteiger partial charge in [-0.15, -0.1) is 0 Å². The van der Waals surface area contributed by atoms with Crippen LogP contribution in [0.25, 0.3) is 0 Å². The van der Waals surface area contributed by atoms with Crippen LogP contribution in [0.5, 0.6) is 0 Å². The molecule has 0 unspecified atom stereocenters. The maximum Gasteiger partial charge on any atom is 0.407 e. The van der Waals surface area contributed by atoms with E-state index in [2.05, 4.69) is 10.6 Å². The van der Waals surface area contributed by atoms with Crippen molar-refractivity contribution in [3.8, 4) is 0 Å². The van der Waals surface area contributed by atoms with Gasteiger partial charge in [0.25, 0.3) is 0 Å². The number of alkyl carbamates (subject to hydrolysis) is 1. The highest BCUT2D eigenvalue weighted by Crippen LogP contribution is 2.51. The van der Waals surface area contributed by atoms with Crippen LogP contribution in [0, 0.1) is 5.41 Å². The summed E-state index contributed by atoms with van der Waals surface area (Å²) in [6.07, 6.45) is 6.14. The number of carbonyl (C=O) groups excluding carboxylic acids is 2. The molecule has 1 amide bonds. The molecule has 0 aromatic carbocycles. The number of esters is 1. The fraction of sp³-hybridized carbons (Fsp3) is 0.889. The van der Waals surface area contributed by atoms with Crippen molar-refractivity contribution in [2.24, 2.45) is 5.41 Å². The average Bonchev–Trinajstić information content (AvgIpc) is 2.44. The quantitative estimate of drug-likeness (QED) is 0.770. The highest BCUT2D eigenvalue weighted by molar-refractivity contribution is 5.75. The van der Waals surface area contributed by atoms with Gasteiger partial charge in [0.1, 0.15) is 11.6 Å². The van der Waals surface area contributed by atoms with Crippen molar-refractivity contribution >= 4 is 12.1 Å². The molecule has 1 spiro atoms. The molecule has 0 radical (unpaired) electrons. The van der Waals surface area contributed by atoms with Gasteiger partial charge in [-0.05, 0) is 71.6 Å². The van der Waals surface area contributed by atoms with Crippen molar-refractivity contribution < 1.29 is 19.1 Å². The smallest absolute Gasteiger partial charge is 0.407 e. The van der Waals surface area contributed by atoms with Crippen LogP contribution in [-0.4, -0.2) is 42.9 Å². The molecule has 6 heteroatoms. The number of carbonyl (C=O) groups is 2. The summed E-state index contributed by atoms with van der Waals surface area (Å²) in [4.78, 5) is 23.3. The predicted molar refractivity (Wildman–Crippen MR) is 91.7 cm³/mol. The van der Waals surface area contributed by atoms with E-state index in [0.29, 0.717) is 11.5 Å². The third-order valence-electron chi connectivity index (χ3n) is 5.17. The lowest BCUT2D eigenvalue weighted by Gasteiger charge is -2.52. The second kappa shape index (κ2) is 7.30. The predicted octanol–water partition coefficient (Wildman–Crippen LogP) is 2.75. The lowest BCUT2D eigenvalue weighted by Crippen LogP contribution is -2.55. The van der Waals surface area contributed by atoms with Crippen molar-refractivity contribution in [2.75, 3.05) is 7.11 Å². The molecule has 2 aliphatic carbocycles. The zero-order chi connectivity index (χ0) is 18.0. The van der Waals surface area contributed by atoms with Crippen LogP contribution >= 0.6 is 0 Å². The second-order valence-corrected chi connectivity index (χ2v) is 8.44. The fourth-order valence-corrected chi connectivity index (χ4v) is 3.96. The summed E-state index contributed by atoms with van der Waals surface area (Å²) in [7, 11) is 1.42. The number of amides is 1. The first-order valence-electron chi connectivity index (χ1n) is 8.96. The van der Waals surface area contributed by atoms with Crippen molar-refractivity contribution in [1.82, 2.24) is 10.6 Å². The molecule has 0 bridgehead atoms. The third-order valence-corrected chi connectivity index (χ3v) is 5.17. The van der Waals surface area contributed by atoms with Crippen LogP contribution in [0.3, 0.4) is 0 Å². The van der Waals surface area contributed by atoms with Gasteiger partial charge < -0.3 is 20.1 Å². The molecule has 0 heterocycles. The van der Waals surface area contributed by atoms with Gasteiger partial charge in [-0.1, -0.05) is 0 Å². The van der Waals surface area contributed by atoms with Crippen molar-refractivity contribution in [1.29, 1.82) is 0 Å². The number of methoxy groups -OCH3 is 1. The Labute approximate surface area is 145 Å². The van der Waals surface area contributed by atoms with Crippen molar-refractivity contribution in [2.45, 2.75) is 89.9 Å². The highest BCUT2D eigenvalue weighted by atomic mass is 16.6. The Morgan fingerprint density at radius 1 is 1.12 bits per heavy atom. The van der Waals surface area contributed by atoms with E-state index >= 15 is 0 Å². The summed E-state index contributed by atoms with van der Waals surface area (Å²) >= 11 is 0. The molecule has 1 atom stereocenters. The summed E-state index contributed by atoms with van der Waals surface area (Å²) in [5.74, 6) is -0.207. The SMILES string of the molecule is COC(=O)[C@H](C)NC1CC2(CCC(NC(=O)OC(C)(C)C)CC2)C1. The summed E-state index contributed by atoms with van der Waals surface area (Å²) in [6.45, 7) is 7.47. The Bertz CT molecular complexity index is 456. The third kappa shape index (κ3) is 5.10. The summed E-state index contributed by atoms with van der Waals surface area (Å²) < 4.78 is 10.1. The molecule has 0 aromatic heterocycles. The van der Waals surface area contributed by atoms with Crippen LogP contribution in [0.1, 0.15) is 66.2 Å². The zero-order valence-electron chi connectivity index (χ0n) is 15.6. The second-order valence-electron chi connectivity index (χ2n) is 8.44.